The van der Waals surface area contributed by atoms with Gasteiger partial charge >= 0.3 is 12.1 Å². The van der Waals surface area contributed by atoms with Gasteiger partial charge in [0.1, 0.15) is 17.7 Å². The summed E-state index contributed by atoms with van der Waals surface area (Å²) in [6.45, 7) is 3.91. The Morgan fingerprint density at radius 1 is 1.15 bits per heavy atom. The molecule has 2 fully saturated rings. The highest BCUT2D eigenvalue weighted by molar-refractivity contribution is 5.76. The molecule has 2 aromatic carbocycles. The van der Waals surface area contributed by atoms with E-state index in [-0.39, 0.29) is 45.9 Å². The summed E-state index contributed by atoms with van der Waals surface area (Å²) in [6.07, 6.45) is -5.04. The molecule has 41 heavy (non-hydrogen) atoms. The minimum atomic E-state index is -4.81. The topological polar surface area (TPSA) is 103 Å². The van der Waals surface area contributed by atoms with E-state index in [2.05, 4.69) is 15.3 Å². The number of piperidine rings is 1. The molecule has 2 aliphatic rings. The third kappa shape index (κ3) is 6.37. The van der Waals surface area contributed by atoms with Crippen LogP contribution in [0, 0.1) is 11.2 Å². The standard InChI is InChI=1S/C29H31F4N5O3/c1-2-40-26(39)22-16-28(17-35-22)10-12-38(13-11-28)23-15-24(37-27(34)36-23)41-25(29(31,32)33)21-9-4-3-8-20(21)18-6-5-7-19(30)14-18/h3-9,14-15,22,25,35H,2,10-13,16-17H2,1H3,(H2,34,36,37)/t22-,25+/m0/s1. The minimum Gasteiger partial charge on any atom is -0.465 e. The molecule has 0 amide bonds. The van der Waals surface area contributed by atoms with Crippen molar-refractivity contribution in [2.75, 3.05) is 36.9 Å². The first-order chi connectivity index (χ1) is 19.6. The lowest BCUT2D eigenvalue weighted by molar-refractivity contribution is -0.198. The summed E-state index contributed by atoms with van der Waals surface area (Å²) in [4.78, 5) is 22.3. The number of anilines is 2. The van der Waals surface area contributed by atoms with Crippen molar-refractivity contribution in [1.29, 1.82) is 0 Å². The molecule has 1 aromatic heterocycles. The Morgan fingerprint density at radius 3 is 2.61 bits per heavy atom. The van der Waals surface area contributed by atoms with Crippen LogP contribution >= 0.6 is 0 Å². The van der Waals surface area contributed by atoms with Crippen molar-refractivity contribution in [1.82, 2.24) is 15.3 Å². The molecule has 8 nitrogen and oxygen atoms in total. The van der Waals surface area contributed by atoms with Crippen molar-refractivity contribution in [3.05, 3.63) is 66.0 Å². The monoisotopic (exact) mass is 573 g/mol. The molecule has 2 atom stereocenters. The number of carbonyl (C=O) groups excluding carboxylic acids is 1. The Hall–Kier alpha value is -3.93. The zero-order valence-electron chi connectivity index (χ0n) is 22.5. The fraction of sp³-hybridized carbons (Fsp3) is 0.414. The molecule has 1 spiro atoms. The number of nitrogen functional groups attached to an aromatic ring is 1. The van der Waals surface area contributed by atoms with Gasteiger partial charge in [0.05, 0.1) is 6.61 Å². The number of nitrogens with one attached hydrogen (secondary N) is 1. The zero-order valence-corrected chi connectivity index (χ0v) is 22.5. The number of hydrogen-bond acceptors (Lipinski definition) is 8. The Balaban J connectivity index is 1.36. The highest BCUT2D eigenvalue weighted by Crippen LogP contribution is 2.43. The Labute approximate surface area is 234 Å². The van der Waals surface area contributed by atoms with Crippen molar-refractivity contribution in [2.24, 2.45) is 5.41 Å². The maximum absolute atomic E-state index is 14.4. The number of hydrogen-bond donors (Lipinski definition) is 2. The predicted molar refractivity (Wildman–Crippen MR) is 145 cm³/mol. The zero-order chi connectivity index (χ0) is 29.2. The highest BCUT2D eigenvalue weighted by atomic mass is 19.4. The average molecular weight is 574 g/mol. The summed E-state index contributed by atoms with van der Waals surface area (Å²) >= 11 is 0. The first-order valence-corrected chi connectivity index (χ1v) is 13.4. The number of carbonyl (C=O) groups is 1. The van der Waals surface area contributed by atoms with E-state index in [1.165, 1.54) is 48.5 Å². The molecule has 0 saturated carbocycles. The van der Waals surface area contributed by atoms with E-state index < -0.39 is 18.1 Å². The summed E-state index contributed by atoms with van der Waals surface area (Å²) in [5.41, 5.74) is 6.12. The molecular weight excluding hydrogens is 542 g/mol. The van der Waals surface area contributed by atoms with Gasteiger partial charge in [-0.25, -0.2) is 4.39 Å². The van der Waals surface area contributed by atoms with E-state index >= 15 is 0 Å². The Morgan fingerprint density at radius 2 is 1.90 bits per heavy atom. The summed E-state index contributed by atoms with van der Waals surface area (Å²) in [6, 6.07) is 12.2. The van der Waals surface area contributed by atoms with Crippen LogP contribution in [0.4, 0.5) is 29.3 Å². The van der Waals surface area contributed by atoms with Gasteiger partial charge in [-0.15, -0.1) is 0 Å². The number of benzene rings is 2. The number of rotatable bonds is 7. The predicted octanol–water partition coefficient (Wildman–Crippen LogP) is 5.06. The van der Waals surface area contributed by atoms with E-state index in [4.69, 9.17) is 15.2 Å². The van der Waals surface area contributed by atoms with Crippen LogP contribution in [0.3, 0.4) is 0 Å². The van der Waals surface area contributed by atoms with Crippen molar-refractivity contribution in [2.45, 2.75) is 44.5 Å². The third-order valence-electron chi connectivity index (χ3n) is 7.70. The number of nitrogens with two attached hydrogens (primary N) is 1. The molecule has 3 heterocycles. The molecular formula is C29H31F4N5O3. The number of alkyl halides is 3. The molecule has 12 heteroatoms. The second kappa shape index (κ2) is 11.5. The molecule has 218 valence electrons. The maximum Gasteiger partial charge on any atom is 0.429 e. The molecule has 3 N–H and O–H groups in total. The molecule has 0 aliphatic carbocycles. The highest BCUT2D eigenvalue weighted by Gasteiger charge is 2.46. The summed E-state index contributed by atoms with van der Waals surface area (Å²) in [7, 11) is 0. The van der Waals surface area contributed by atoms with Crippen molar-refractivity contribution < 1.29 is 31.8 Å². The largest absolute Gasteiger partial charge is 0.465 e. The van der Waals surface area contributed by atoms with Crippen molar-refractivity contribution in [3.63, 3.8) is 0 Å². The molecule has 0 unspecified atom stereocenters. The molecule has 2 aliphatic heterocycles. The number of aromatic nitrogens is 2. The number of ether oxygens (including phenoxy) is 2. The number of halogens is 4. The van der Waals surface area contributed by atoms with Crippen LogP contribution in [0.5, 0.6) is 5.88 Å². The van der Waals surface area contributed by atoms with Gasteiger partial charge in [-0.2, -0.15) is 23.1 Å². The smallest absolute Gasteiger partial charge is 0.429 e. The molecule has 0 bridgehead atoms. The number of nitrogens with zero attached hydrogens (tertiary/aromatic N) is 3. The average Bonchev–Trinajstić information content (AvgIpc) is 3.35. The van der Waals surface area contributed by atoms with Crippen LogP contribution in [0.1, 0.15) is 37.9 Å². The van der Waals surface area contributed by atoms with Gasteiger partial charge in [0.25, 0.3) is 0 Å². The van der Waals surface area contributed by atoms with E-state index in [1.807, 2.05) is 4.90 Å². The van der Waals surface area contributed by atoms with Crippen LogP contribution in [0.15, 0.2) is 54.6 Å². The molecule has 0 radical (unpaired) electrons. The SMILES string of the molecule is CCOC(=O)[C@@H]1CC2(CCN(c3cc(O[C@H](c4ccccc4-c4cccc(F)c4)C(F)(F)F)nc(N)n3)CC2)CN1. The van der Waals surface area contributed by atoms with E-state index in [9.17, 15) is 22.4 Å². The van der Waals surface area contributed by atoms with Crippen molar-refractivity contribution in [3.8, 4) is 17.0 Å². The molecule has 2 saturated heterocycles. The quantitative estimate of drug-likeness (QED) is 0.299. The molecule has 3 aromatic rings. The van der Waals surface area contributed by atoms with Crippen molar-refractivity contribution >= 4 is 17.7 Å². The van der Waals surface area contributed by atoms with Gasteiger partial charge in [0.15, 0.2) is 0 Å². The lowest BCUT2D eigenvalue weighted by Crippen LogP contribution is -2.41. The summed E-state index contributed by atoms with van der Waals surface area (Å²) in [5.74, 6) is -1.01. The van der Waals surface area contributed by atoms with Gasteiger partial charge in [-0.05, 0) is 54.9 Å². The van der Waals surface area contributed by atoms with Gasteiger partial charge in [0, 0.05) is 31.3 Å². The lowest BCUT2D eigenvalue weighted by Gasteiger charge is -2.39. The van der Waals surface area contributed by atoms with Crippen LogP contribution in [-0.4, -0.2) is 54.4 Å². The van der Waals surface area contributed by atoms with E-state index in [0.717, 1.165) is 12.8 Å². The second-order valence-corrected chi connectivity index (χ2v) is 10.4. The van der Waals surface area contributed by atoms with E-state index in [0.29, 0.717) is 38.5 Å². The summed E-state index contributed by atoms with van der Waals surface area (Å²) in [5, 5.41) is 3.26. The van der Waals surface area contributed by atoms with E-state index in [1.54, 1.807) is 13.0 Å². The van der Waals surface area contributed by atoms with Crippen LogP contribution in [0.2, 0.25) is 0 Å². The second-order valence-electron chi connectivity index (χ2n) is 10.4. The number of esters is 1. The van der Waals surface area contributed by atoms with Gasteiger partial charge < -0.3 is 25.4 Å². The normalized spacial score (nSPS) is 19.2. The first-order valence-electron chi connectivity index (χ1n) is 13.4. The lowest BCUT2D eigenvalue weighted by atomic mass is 9.76. The molecule has 5 rings (SSSR count). The fourth-order valence-electron chi connectivity index (χ4n) is 5.64. The Kier molecular flexibility index (Phi) is 8.03. The van der Waals surface area contributed by atoms with Gasteiger partial charge in [-0.3, -0.25) is 4.79 Å². The van der Waals surface area contributed by atoms with Crippen LogP contribution < -0.4 is 20.7 Å². The van der Waals surface area contributed by atoms with Crippen LogP contribution in [0.25, 0.3) is 11.1 Å². The fourth-order valence-corrected chi connectivity index (χ4v) is 5.64. The Bertz CT molecular complexity index is 1390. The third-order valence-corrected chi connectivity index (χ3v) is 7.70. The summed E-state index contributed by atoms with van der Waals surface area (Å²) < 4.78 is 67.8. The van der Waals surface area contributed by atoms with Gasteiger partial charge in [-0.1, -0.05) is 36.4 Å². The first kappa shape index (κ1) is 28.6. The van der Waals surface area contributed by atoms with Crippen LogP contribution in [-0.2, 0) is 9.53 Å². The maximum atomic E-state index is 14.4. The minimum absolute atomic E-state index is 0.0756. The van der Waals surface area contributed by atoms with Gasteiger partial charge in [0.2, 0.25) is 17.9 Å².